The van der Waals surface area contributed by atoms with Gasteiger partial charge in [-0.1, -0.05) is 32.4 Å². The summed E-state index contributed by atoms with van der Waals surface area (Å²) >= 11 is 0. The van der Waals surface area contributed by atoms with Crippen LogP contribution in [-0.4, -0.2) is 28.5 Å². The first-order chi connectivity index (χ1) is 13.0. The summed E-state index contributed by atoms with van der Waals surface area (Å²) in [5.41, 5.74) is -1.28. The second-order valence-electron chi connectivity index (χ2n) is 7.78. The molecule has 1 aromatic rings. The highest BCUT2D eigenvalue weighted by Gasteiger charge is 2.45. The fraction of sp³-hybridized carbons (Fsp3) is 0.526. The highest BCUT2D eigenvalue weighted by molar-refractivity contribution is 6.05. The average Bonchev–Trinajstić information content (AvgIpc) is 2.57. The van der Waals surface area contributed by atoms with Crippen molar-refractivity contribution in [1.82, 2.24) is 10.6 Å². The summed E-state index contributed by atoms with van der Waals surface area (Å²) in [5.74, 6) is -0.947. The van der Waals surface area contributed by atoms with E-state index in [0.29, 0.717) is 18.4 Å². The highest BCUT2D eigenvalue weighted by atomic mass is 16.6. The molecule has 2 amide bonds. The normalized spacial score (nSPS) is 22.1. The highest BCUT2D eigenvalue weighted by Crippen LogP contribution is 2.41. The monoisotopic (exact) mass is 390 g/mol. The molecule has 1 unspecified atom stereocenters. The lowest BCUT2D eigenvalue weighted by Gasteiger charge is -2.39. The number of guanidine groups is 1. The zero-order chi connectivity index (χ0) is 21.1. The first-order valence-corrected chi connectivity index (χ1v) is 9.14. The Morgan fingerprint density at radius 3 is 2.68 bits per heavy atom. The van der Waals surface area contributed by atoms with Crippen LogP contribution in [0.5, 0.6) is 0 Å². The molecule has 0 aliphatic carbocycles. The number of carbonyl (C=O) groups excluding carboxylic acids is 2. The third-order valence-electron chi connectivity index (χ3n) is 4.47. The molecular formula is C19H26N4O5. The van der Waals surface area contributed by atoms with E-state index in [-0.39, 0.29) is 17.6 Å². The first-order valence-electron chi connectivity index (χ1n) is 9.14. The topological polar surface area (TPSA) is 123 Å². The van der Waals surface area contributed by atoms with Gasteiger partial charge in [0.25, 0.3) is 5.69 Å². The van der Waals surface area contributed by atoms with Gasteiger partial charge in [-0.05, 0) is 32.8 Å². The zero-order valence-corrected chi connectivity index (χ0v) is 16.7. The van der Waals surface area contributed by atoms with Crippen LogP contribution in [0.3, 0.4) is 0 Å². The van der Waals surface area contributed by atoms with E-state index >= 15 is 0 Å². The third kappa shape index (κ3) is 4.65. The molecule has 0 fully saturated rings. The lowest BCUT2D eigenvalue weighted by Crippen LogP contribution is -2.56. The molecule has 0 saturated carbocycles. The Kier molecular flexibility index (Phi) is 6.06. The van der Waals surface area contributed by atoms with Gasteiger partial charge in [0.15, 0.2) is 0 Å². The van der Waals surface area contributed by atoms with E-state index in [1.807, 2.05) is 6.92 Å². The second-order valence-corrected chi connectivity index (χ2v) is 7.78. The molecule has 0 radical (unpaired) electrons. The van der Waals surface area contributed by atoms with E-state index in [4.69, 9.17) is 4.74 Å². The molecule has 152 valence electrons. The minimum Gasteiger partial charge on any atom is -0.444 e. The summed E-state index contributed by atoms with van der Waals surface area (Å²) < 4.78 is 5.22. The molecular weight excluding hydrogens is 364 g/mol. The van der Waals surface area contributed by atoms with Gasteiger partial charge < -0.3 is 4.74 Å². The molecule has 1 heterocycles. The SMILES string of the molecule is CCC[C@]1(c2cccc([N+](=O)[O-])c2)N=C(NC(=O)OC(C)(C)C)NC(=O)C1C. The minimum absolute atomic E-state index is 0.0303. The van der Waals surface area contributed by atoms with Crippen LogP contribution in [0.15, 0.2) is 29.3 Å². The van der Waals surface area contributed by atoms with Crippen LogP contribution in [0.4, 0.5) is 10.5 Å². The molecule has 2 rings (SSSR count). The van der Waals surface area contributed by atoms with E-state index < -0.39 is 28.1 Å². The fourth-order valence-electron chi connectivity index (χ4n) is 3.23. The van der Waals surface area contributed by atoms with Gasteiger partial charge in [0, 0.05) is 12.1 Å². The van der Waals surface area contributed by atoms with Gasteiger partial charge in [-0.25, -0.2) is 9.79 Å². The Hall–Kier alpha value is -2.97. The van der Waals surface area contributed by atoms with Crippen molar-refractivity contribution in [2.24, 2.45) is 10.9 Å². The molecule has 9 nitrogen and oxygen atoms in total. The molecule has 0 saturated heterocycles. The molecule has 1 aliphatic rings. The number of hydrogen-bond acceptors (Lipinski definition) is 6. The summed E-state index contributed by atoms with van der Waals surface area (Å²) in [7, 11) is 0. The summed E-state index contributed by atoms with van der Waals surface area (Å²) in [6, 6.07) is 6.10. The number of nitro groups is 1. The van der Waals surface area contributed by atoms with Crippen molar-refractivity contribution in [3.05, 3.63) is 39.9 Å². The Bertz CT molecular complexity index is 815. The van der Waals surface area contributed by atoms with Gasteiger partial charge in [-0.3, -0.25) is 25.5 Å². The first kappa shape index (κ1) is 21.3. The molecule has 28 heavy (non-hydrogen) atoms. The molecule has 0 bridgehead atoms. The summed E-state index contributed by atoms with van der Waals surface area (Å²) in [6.45, 7) is 8.83. The smallest absolute Gasteiger partial charge is 0.414 e. The third-order valence-corrected chi connectivity index (χ3v) is 4.47. The van der Waals surface area contributed by atoms with Crippen molar-refractivity contribution >= 4 is 23.6 Å². The van der Waals surface area contributed by atoms with Gasteiger partial charge in [0.05, 0.1) is 10.8 Å². The molecule has 1 aromatic carbocycles. The number of carbonyl (C=O) groups is 2. The standard InChI is InChI=1S/C19H26N4O5/c1-6-10-19(13-8-7-9-14(11-13)23(26)27)12(2)15(24)20-16(22-19)21-17(25)28-18(3,4)5/h7-9,11-12H,6,10H2,1-5H3,(H2,20,21,22,24,25)/t12?,19-/m0/s1. The Labute approximate surface area is 163 Å². The second kappa shape index (κ2) is 7.95. The average molecular weight is 390 g/mol. The van der Waals surface area contributed by atoms with Crippen LogP contribution in [0.25, 0.3) is 0 Å². The maximum absolute atomic E-state index is 12.6. The largest absolute Gasteiger partial charge is 0.444 e. The van der Waals surface area contributed by atoms with E-state index in [1.54, 1.807) is 39.8 Å². The minimum atomic E-state index is -1.03. The van der Waals surface area contributed by atoms with Crippen molar-refractivity contribution in [2.75, 3.05) is 0 Å². The predicted octanol–water partition coefficient (Wildman–Crippen LogP) is 3.24. The van der Waals surface area contributed by atoms with Gasteiger partial charge in [-0.15, -0.1) is 0 Å². The number of nitrogens with zero attached hydrogens (tertiary/aromatic N) is 2. The van der Waals surface area contributed by atoms with Crippen LogP contribution >= 0.6 is 0 Å². The number of benzene rings is 1. The molecule has 2 N–H and O–H groups in total. The van der Waals surface area contributed by atoms with Crippen LogP contribution < -0.4 is 10.6 Å². The fourth-order valence-corrected chi connectivity index (χ4v) is 3.23. The Morgan fingerprint density at radius 1 is 1.43 bits per heavy atom. The Balaban J connectivity index is 2.50. The van der Waals surface area contributed by atoms with E-state index in [9.17, 15) is 19.7 Å². The van der Waals surface area contributed by atoms with Crippen molar-refractivity contribution in [3.8, 4) is 0 Å². The molecule has 9 heteroatoms. The van der Waals surface area contributed by atoms with Crippen LogP contribution in [0, 0.1) is 16.0 Å². The Morgan fingerprint density at radius 2 is 2.11 bits per heavy atom. The van der Waals surface area contributed by atoms with Crippen LogP contribution in [0.1, 0.15) is 53.0 Å². The number of ether oxygens (including phenoxy) is 1. The van der Waals surface area contributed by atoms with E-state index in [1.165, 1.54) is 12.1 Å². The van der Waals surface area contributed by atoms with Crippen molar-refractivity contribution in [3.63, 3.8) is 0 Å². The maximum atomic E-state index is 12.6. The number of rotatable bonds is 4. The van der Waals surface area contributed by atoms with Crippen molar-refractivity contribution in [2.45, 2.75) is 58.6 Å². The maximum Gasteiger partial charge on any atom is 0.414 e. The quantitative estimate of drug-likeness (QED) is 0.603. The number of hydrogen-bond donors (Lipinski definition) is 2. The van der Waals surface area contributed by atoms with Crippen molar-refractivity contribution < 1.29 is 19.2 Å². The lowest BCUT2D eigenvalue weighted by molar-refractivity contribution is -0.385. The summed E-state index contributed by atoms with van der Waals surface area (Å²) in [6.07, 6.45) is 0.414. The summed E-state index contributed by atoms with van der Waals surface area (Å²) in [4.78, 5) is 40.1. The predicted molar refractivity (Wildman–Crippen MR) is 104 cm³/mol. The van der Waals surface area contributed by atoms with Gasteiger partial charge in [0.2, 0.25) is 11.9 Å². The number of nitro benzene ring substituents is 1. The van der Waals surface area contributed by atoms with Crippen molar-refractivity contribution in [1.29, 1.82) is 0 Å². The number of aliphatic imine (C=N–C) groups is 1. The number of non-ortho nitro benzene ring substituents is 1. The van der Waals surface area contributed by atoms with Crippen LogP contribution in [-0.2, 0) is 15.1 Å². The van der Waals surface area contributed by atoms with Gasteiger partial charge >= 0.3 is 6.09 Å². The molecule has 0 spiro atoms. The number of amides is 2. The van der Waals surface area contributed by atoms with Crippen LogP contribution in [0.2, 0.25) is 0 Å². The molecule has 1 aliphatic heterocycles. The number of alkyl carbamates (subject to hydrolysis) is 1. The van der Waals surface area contributed by atoms with Gasteiger partial charge in [0.1, 0.15) is 11.1 Å². The van der Waals surface area contributed by atoms with E-state index in [0.717, 1.165) is 0 Å². The zero-order valence-electron chi connectivity index (χ0n) is 16.7. The summed E-state index contributed by atoms with van der Waals surface area (Å²) in [5, 5.41) is 16.2. The van der Waals surface area contributed by atoms with Gasteiger partial charge in [-0.2, -0.15) is 0 Å². The molecule has 0 aromatic heterocycles. The molecule has 2 atom stereocenters. The van der Waals surface area contributed by atoms with E-state index in [2.05, 4.69) is 15.6 Å². The number of nitrogens with one attached hydrogen (secondary N) is 2. The lowest BCUT2D eigenvalue weighted by atomic mass is 9.75.